The van der Waals surface area contributed by atoms with Gasteiger partial charge in [0.1, 0.15) is 0 Å². The number of hydrogen-bond acceptors (Lipinski definition) is 2. The van der Waals surface area contributed by atoms with Crippen LogP contribution in [0.1, 0.15) is 39.0 Å². The number of nitrogens with one attached hydrogen (secondary N) is 1. The zero-order valence-corrected chi connectivity index (χ0v) is 10.1. The predicted octanol–water partition coefficient (Wildman–Crippen LogP) is 1.56. The molecule has 0 heterocycles. The van der Waals surface area contributed by atoms with Gasteiger partial charge in [0.2, 0.25) is 5.91 Å². The van der Waals surface area contributed by atoms with Crippen LogP contribution in [0.3, 0.4) is 0 Å². The number of aliphatic hydroxyl groups is 1. The average molecular weight is 225 g/mol. The Balaban J connectivity index is 1.67. The lowest BCUT2D eigenvalue weighted by atomic mass is 9.86. The van der Waals surface area contributed by atoms with E-state index in [4.69, 9.17) is 5.11 Å². The van der Waals surface area contributed by atoms with Gasteiger partial charge in [-0.05, 0) is 42.9 Å². The Hall–Kier alpha value is -0.570. The van der Waals surface area contributed by atoms with Crippen LogP contribution in [0.2, 0.25) is 0 Å². The summed E-state index contributed by atoms with van der Waals surface area (Å²) in [5, 5.41) is 11.8. The van der Waals surface area contributed by atoms with Gasteiger partial charge in [0.25, 0.3) is 0 Å². The van der Waals surface area contributed by atoms with E-state index in [0.29, 0.717) is 18.9 Å². The third-order valence-corrected chi connectivity index (χ3v) is 4.29. The molecule has 1 amide bonds. The molecular weight excluding hydrogens is 202 g/mol. The summed E-state index contributed by atoms with van der Waals surface area (Å²) in [5.41, 5.74) is 0. The highest BCUT2D eigenvalue weighted by Gasteiger charge is 2.39. The molecule has 2 saturated carbocycles. The van der Waals surface area contributed by atoms with E-state index in [1.807, 2.05) is 6.92 Å². The minimum Gasteiger partial charge on any atom is -0.396 e. The van der Waals surface area contributed by atoms with E-state index in [9.17, 15) is 4.79 Å². The standard InChI is InChI=1S/C13H23NO2/c1-9(8-15)7-14-13(16)6-12-5-10-2-3-11(12)4-10/h9-12,15H,2-8H2,1H3,(H,14,16). The monoisotopic (exact) mass is 225 g/mol. The molecule has 2 fully saturated rings. The minimum absolute atomic E-state index is 0.147. The summed E-state index contributed by atoms with van der Waals surface area (Å²) in [4.78, 5) is 11.7. The van der Waals surface area contributed by atoms with E-state index in [1.54, 1.807) is 0 Å². The maximum Gasteiger partial charge on any atom is 0.220 e. The highest BCUT2D eigenvalue weighted by atomic mass is 16.3. The molecular formula is C13H23NO2. The summed E-state index contributed by atoms with van der Waals surface area (Å²) in [6.07, 6.45) is 6.08. The Kier molecular flexibility index (Phi) is 3.85. The molecule has 0 saturated heterocycles. The molecule has 0 aromatic carbocycles. The lowest BCUT2D eigenvalue weighted by Gasteiger charge is -2.21. The molecule has 2 aliphatic carbocycles. The van der Waals surface area contributed by atoms with Crippen LogP contribution in [-0.2, 0) is 4.79 Å². The molecule has 2 aliphatic rings. The molecule has 2 bridgehead atoms. The van der Waals surface area contributed by atoms with Gasteiger partial charge in [-0.3, -0.25) is 4.79 Å². The second kappa shape index (κ2) is 5.17. The van der Waals surface area contributed by atoms with Crippen molar-refractivity contribution in [1.29, 1.82) is 0 Å². The van der Waals surface area contributed by atoms with Crippen molar-refractivity contribution < 1.29 is 9.90 Å². The van der Waals surface area contributed by atoms with Gasteiger partial charge in [-0.1, -0.05) is 13.3 Å². The van der Waals surface area contributed by atoms with Gasteiger partial charge in [-0.25, -0.2) is 0 Å². The number of rotatable bonds is 5. The summed E-state index contributed by atoms with van der Waals surface area (Å²) in [6, 6.07) is 0. The molecule has 4 atom stereocenters. The number of carbonyl (C=O) groups is 1. The summed E-state index contributed by atoms with van der Waals surface area (Å²) in [6.45, 7) is 2.70. The summed E-state index contributed by atoms with van der Waals surface area (Å²) >= 11 is 0. The highest BCUT2D eigenvalue weighted by molar-refractivity contribution is 5.76. The molecule has 2 rings (SSSR count). The molecule has 0 aliphatic heterocycles. The van der Waals surface area contributed by atoms with Gasteiger partial charge in [0, 0.05) is 19.6 Å². The fourth-order valence-electron chi connectivity index (χ4n) is 3.29. The number of fused-ring (bicyclic) bond motifs is 2. The van der Waals surface area contributed by atoms with E-state index in [0.717, 1.165) is 11.8 Å². The van der Waals surface area contributed by atoms with E-state index in [2.05, 4.69) is 5.32 Å². The molecule has 3 heteroatoms. The van der Waals surface area contributed by atoms with Gasteiger partial charge < -0.3 is 10.4 Å². The fraction of sp³-hybridized carbons (Fsp3) is 0.923. The molecule has 0 aromatic heterocycles. The molecule has 0 spiro atoms. The van der Waals surface area contributed by atoms with Crippen molar-refractivity contribution in [2.45, 2.75) is 39.0 Å². The molecule has 92 valence electrons. The van der Waals surface area contributed by atoms with Crippen molar-refractivity contribution in [1.82, 2.24) is 5.32 Å². The van der Waals surface area contributed by atoms with Crippen molar-refractivity contribution in [2.24, 2.45) is 23.7 Å². The molecule has 16 heavy (non-hydrogen) atoms. The summed E-state index contributed by atoms with van der Waals surface area (Å²) in [5.74, 6) is 2.73. The quantitative estimate of drug-likeness (QED) is 0.746. The van der Waals surface area contributed by atoms with Crippen molar-refractivity contribution in [2.75, 3.05) is 13.2 Å². The third-order valence-electron chi connectivity index (χ3n) is 4.29. The zero-order chi connectivity index (χ0) is 11.5. The first-order chi connectivity index (χ1) is 7.69. The number of hydrogen-bond donors (Lipinski definition) is 2. The van der Waals surface area contributed by atoms with Crippen molar-refractivity contribution in [3.63, 3.8) is 0 Å². The van der Waals surface area contributed by atoms with Crippen LogP contribution in [0.25, 0.3) is 0 Å². The van der Waals surface area contributed by atoms with E-state index >= 15 is 0 Å². The molecule has 4 unspecified atom stereocenters. The smallest absolute Gasteiger partial charge is 0.220 e. The first-order valence-corrected chi connectivity index (χ1v) is 6.56. The summed E-state index contributed by atoms with van der Waals surface area (Å²) < 4.78 is 0. The van der Waals surface area contributed by atoms with Crippen LogP contribution < -0.4 is 5.32 Å². The Morgan fingerprint density at radius 3 is 2.81 bits per heavy atom. The van der Waals surface area contributed by atoms with Gasteiger partial charge in [-0.2, -0.15) is 0 Å². The summed E-state index contributed by atoms with van der Waals surface area (Å²) in [7, 11) is 0. The predicted molar refractivity (Wildman–Crippen MR) is 62.8 cm³/mol. The molecule has 2 N–H and O–H groups in total. The maximum absolute atomic E-state index is 11.7. The minimum atomic E-state index is 0.147. The van der Waals surface area contributed by atoms with Crippen molar-refractivity contribution in [3.05, 3.63) is 0 Å². The third kappa shape index (κ3) is 2.76. The largest absolute Gasteiger partial charge is 0.396 e. The highest BCUT2D eigenvalue weighted by Crippen LogP contribution is 2.49. The lowest BCUT2D eigenvalue weighted by Crippen LogP contribution is -2.31. The van der Waals surface area contributed by atoms with Gasteiger partial charge >= 0.3 is 0 Å². The first kappa shape index (κ1) is 11.9. The molecule has 0 aromatic rings. The van der Waals surface area contributed by atoms with E-state index in [-0.39, 0.29) is 18.4 Å². The number of carbonyl (C=O) groups excluding carboxylic acids is 1. The lowest BCUT2D eigenvalue weighted by molar-refractivity contribution is -0.122. The second-order valence-corrected chi connectivity index (χ2v) is 5.73. The number of aliphatic hydroxyl groups excluding tert-OH is 1. The topological polar surface area (TPSA) is 49.3 Å². The maximum atomic E-state index is 11.7. The van der Waals surface area contributed by atoms with E-state index in [1.165, 1.54) is 25.7 Å². The van der Waals surface area contributed by atoms with Crippen LogP contribution in [0.5, 0.6) is 0 Å². The van der Waals surface area contributed by atoms with Gasteiger partial charge in [0.05, 0.1) is 0 Å². The Morgan fingerprint density at radius 2 is 2.25 bits per heavy atom. The molecule has 3 nitrogen and oxygen atoms in total. The Labute approximate surface area is 97.6 Å². The normalized spacial score (nSPS) is 34.0. The second-order valence-electron chi connectivity index (χ2n) is 5.73. The van der Waals surface area contributed by atoms with Crippen LogP contribution >= 0.6 is 0 Å². The number of amides is 1. The Bertz CT molecular complexity index is 254. The fourth-order valence-corrected chi connectivity index (χ4v) is 3.29. The van der Waals surface area contributed by atoms with E-state index < -0.39 is 0 Å². The SMILES string of the molecule is CC(CO)CNC(=O)CC1CC2CCC1C2. The van der Waals surface area contributed by atoms with Gasteiger partial charge in [0.15, 0.2) is 0 Å². The van der Waals surface area contributed by atoms with Crippen molar-refractivity contribution in [3.8, 4) is 0 Å². The molecule has 0 radical (unpaired) electrons. The van der Waals surface area contributed by atoms with Crippen LogP contribution in [0, 0.1) is 23.7 Å². The zero-order valence-electron chi connectivity index (χ0n) is 10.1. The Morgan fingerprint density at radius 1 is 1.44 bits per heavy atom. The van der Waals surface area contributed by atoms with Crippen LogP contribution in [-0.4, -0.2) is 24.2 Å². The van der Waals surface area contributed by atoms with Crippen molar-refractivity contribution >= 4 is 5.91 Å². The first-order valence-electron chi connectivity index (χ1n) is 6.56. The average Bonchev–Trinajstić information content (AvgIpc) is 2.87. The van der Waals surface area contributed by atoms with Crippen LogP contribution in [0.4, 0.5) is 0 Å². The van der Waals surface area contributed by atoms with Gasteiger partial charge in [-0.15, -0.1) is 0 Å². The van der Waals surface area contributed by atoms with Crippen LogP contribution in [0.15, 0.2) is 0 Å².